The van der Waals surface area contributed by atoms with Crippen LogP contribution in [0, 0.1) is 0 Å². The molecule has 0 unspecified atom stereocenters. The number of rotatable bonds is 11. The molecule has 2 nitrogen and oxygen atoms in total. The molecule has 0 bridgehead atoms. The summed E-state index contributed by atoms with van der Waals surface area (Å²) in [6.45, 7) is 16.4. The lowest BCUT2D eigenvalue weighted by Crippen LogP contribution is -2.34. The molecule has 2 heteroatoms. The number of allylic oxidation sites excluding steroid dienone is 1. The van der Waals surface area contributed by atoms with Crippen LogP contribution in [0.25, 0.3) is 11.6 Å². The Balaban J connectivity index is 1.95. The predicted molar refractivity (Wildman–Crippen MR) is 155 cm³/mol. The molecule has 0 heterocycles. The van der Waals surface area contributed by atoms with Crippen molar-refractivity contribution in [3.8, 4) is 0 Å². The van der Waals surface area contributed by atoms with Gasteiger partial charge in [-0.2, -0.15) is 0 Å². The zero-order valence-electron chi connectivity index (χ0n) is 23.9. The third-order valence-electron chi connectivity index (χ3n) is 8.11. The van der Waals surface area contributed by atoms with Crippen molar-refractivity contribution in [3.63, 3.8) is 0 Å². The summed E-state index contributed by atoms with van der Waals surface area (Å²) in [5.74, 6) is -0.259. The average molecular weight is 489 g/mol. The van der Waals surface area contributed by atoms with Crippen molar-refractivity contribution in [2.24, 2.45) is 0 Å². The summed E-state index contributed by atoms with van der Waals surface area (Å²) < 4.78 is 5.14. The van der Waals surface area contributed by atoms with Crippen LogP contribution in [0.15, 0.2) is 36.4 Å². The van der Waals surface area contributed by atoms with Gasteiger partial charge in [-0.15, -0.1) is 0 Å². The average Bonchev–Trinajstić information content (AvgIpc) is 2.84. The second-order valence-electron chi connectivity index (χ2n) is 12.0. The maximum atomic E-state index is 12.0. The van der Waals surface area contributed by atoms with Gasteiger partial charge in [0, 0.05) is 0 Å². The smallest absolute Gasteiger partial charge is 0.338 e. The molecular weight excluding hydrogens is 440 g/mol. The number of hydrogen-bond donors (Lipinski definition) is 0. The van der Waals surface area contributed by atoms with Crippen molar-refractivity contribution >= 4 is 17.6 Å². The van der Waals surface area contributed by atoms with Gasteiger partial charge in [0.2, 0.25) is 0 Å². The van der Waals surface area contributed by atoms with E-state index >= 15 is 0 Å². The molecule has 0 aliphatic heterocycles. The Labute approximate surface area is 220 Å². The number of ether oxygens (including phenoxy) is 1. The molecule has 1 aliphatic rings. The lowest BCUT2D eigenvalue weighted by atomic mass is 9.62. The molecule has 0 saturated carbocycles. The first-order chi connectivity index (χ1) is 17.1. The molecule has 196 valence electrons. The SMILES string of the molecule is CCCCCCCCc1cc2c(cc1/C(C)=C/c1ccc(C(=O)OCC)cc1)C(C)(C)CCC2(C)C. The molecule has 0 spiro atoms. The fraction of sp³-hybridized carbons (Fsp3) is 0.559. The highest BCUT2D eigenvalue weighted by Gasteiger charge is 2.37. The molecule has 0 aromatic heterocycles. The monoisotopic (exact) mass is 488 g/mol. The fourth-order valence-electron chi connectivity index (χ4n) is 5.59. The second kappa shape index (κ2) is 12.3. The molecule has 0 saturated heterocycles. The summed E-state index contributed by atoms with van der Waals surface area (Å²) in [6, 6.07) is 12.9. The second-order valence-corrected chi connectivity index (χ2v) is 12.0. The number of carbonyl (C=O) groups excluding carboxylic acids is 1. The summed E-state index contributed by atoms with van der Waals surface area (Å²) in [6.07, 6.45) is 13.8. The van der Waals surface area contributed by atoms with Crippen molar-refractivity contribution in [2.45, 2.75) is 117 Å². The maximum absolute atomic E-state index is 12.0. The number of carbonyl (C=O) groups is 1. The number of aryl methyl sites for hydroxylation is 1. The summed E-state index contributed by atoms with van der Waals surface area (Å²) in [5.41, 5.74) is 9.38. The molecule has 2 aromatic carbocycles. The Morgan fingerprint density at radius 1 is 0.861 bits per heavy atom. The van der Waals surface area contributed by atoms with Crippen LogP contribution >= 0.6 is 0 Å². The normalized spacial score (nSPS) is 16.5. The van der Waals surface area contributed by atoms with Gasteiger partial charge in [0.05, 0.1) is 12.2 Å². The zero-order valence-corrected chi connectivity index (χ0v) is 23.9. The molecule has 0 amide bonds. The minimum atomic E-state index is -0.259. The van der Waals surface area contributed by atoms with Crippen molar-refractivity contribution in [1.29, 1.82) is 0 Å². The van der Waals surface area contributed by atoms with Crippen molar-refractivity contribution in [1.82, 2.24) is 0 Å². The molecule has 3 rings (SSSR count). The summed E-state index contributed by atoms with van der Waals surface area (Å²) in [7, 11) is 0. The van der Waals surface area contributed by atoms with E-state index in [1.165, 1.54) is 73.6 Å². The first-order valence-electron chi connectivity index (χ1n) is 14.2. The summed E-state index contributed by atoms with van der Waals surface area (Å²) >= 11 is 0. The minimum Gasteiger partial charge on any atom is -0.462 e. The first kappa shape index (κ1) is 28.2. The number of unbranched alkanes of at least 4 members (excludes halogenated alkanes) is 5. The molecular formula is C34H48O2. The molecule has 0 atom stereocenters. The highest BCUT2D eigenvalue weighted by molar-refractivity contribution is 5.90. The minimum absolute atomic E-state index is 0.194. The molecule has 0 fully saturated rings. The molecule has 0 N–H and O–H groups in total. The van der Waals surface area contributed by atoms with Crippen molar-refractivity contribution in [2.75, 3.05) is 6.61 Å². The zero-order chi connectivity index (χ0) is 26.3. The van der Waals surface area contributed by atoms with Gasteiger partial charge in [-0.3, -0.25) is 0 Å². The van der Waals surface area contributed by atoms with E-state index in [-0.39, 0.29) is 16.8 Å². The highest BCUT2D eigenvalue weighted by Crippen LogP contribution is 2.47. The highest BCUT2D eigenvalue weighted by atomic mass is 16.5. The van der Waals surface area contributed by atoms with Crippen LogP contribution in [-0.2, 0) is 22.0 Å². The molecule has 0 radical (unpaired) electrons. The number of esters is 1. The van der Waals surface area contributed by atoms with Crippen LogP contribution in [0.3, 0.4) is 0 Å². The Bertz CT molecular complexity index is 1050. The Morgan fingerprint density at radius 2 is 1.44 bits per heavy atom. The quantitative estimate of drug-likeness (QED) is 0.179. The van der Waals surface area contributed by atoms with Crippen LogP contribution < -0.4 is 0 Å². The van der Waals surface area contributed by atoms with Gasteiger partial charge in [0.1, 0.15) is 0 Å². The van der Waals surface area contributed by atoms with E-state index in [0.717, 1.165) is 12.0 Å². The summed E-state index contributed by atoms with van der Waals surface area (Å²) in [5, 5.41) is 0. The molecule has 36 heavy (non-hydrogen) atoms. The topological polar surface area (TPSA) is 26.3 Å². The van der Waals surface area contributed by atoms with Crippen molar-refractivity contribution in [3.05, 3.63) is 69.8 Å². The van der Waals surface area contributed by atoms with E-state index in [2.05, 4.69) is 59.8 Å². The van der Waals surface area contributed by atoms with Crippen LogP contribution in [0.1, 0.15) is 138 Å². The third-order valence-corrected chi connectivity index (χ3v) is 8.11. The predicted octanol–water partition coefficient (Wildman–Crippen LogP) is 9.68. The van der Waals surface area contributed by atoms with Crippen LogP contribution in [0.4, 0.5) is 0 Å². The largest absolute Gasteiger partial charge is 0.462 e. The Morgan fingerprint density at radius 3 is 2.06 bits per heavy atom. The van der Waals surface area contributed by atoms with Gasteiger partial charge in [-0.05, 0) is 95.9 Å². The molecule has 2 aromatic rings. The fourth-order valence-corrected chi connectivity index (χ4v) is 5.59. The maximum Gasteiger partial charge on any atom is 0.338 e. The Hall–Kier alpha value is -2.35. The number of fused-ring (bicyclic) bond motifs is 1. The first-order valence-corrected chi connectivity index (χ1v) is 14.2. The van der Waals surface area contributed by atoms with Crippen molar-refractivity contribution < 1.29 is 9.53 Å². The van der Waals surface area contributed by atoms with Crippen LogP contribution in [-0.4, -0.2) is 12.6 Å². The van der Waals surface area contributed by atoms with Crippen LogP contribution in [0.5, 0.6) is 0 Å². The van der Waals surface area contributed by atoms with E-state index in [9.17, 15) is 4.79 Å². The lowest BCUT2D eigenvalue weighted by molar-refractivity contribution is 0.0526. The Kier molecular flexibility index (Phi) is 9.61. The van der Waals surface area contributed by atoms with E-state index in [0.29, 0.717) is 12.2 Å². The summed E-state index contributed by atoms with van der Waals surface area (Å²) in [4.78, 5) is 12.0. The van der Waals surface area contributed by atoms with Gasteiger partial charge in [-0.1, -0.05) is 97.1 Å². The van der Waals surface area contributed by atoms with E-state index in [4.69, 9.17) is 4.74 Å². The van der Waals surface area contributed by atoms with Gasteiger partial charge in [0.15, 0.2) is 0 Å². The third kappa shape index (κ3) is 6.90. The standard InChI is InChI=1S/C34H48O2/c1-8-10-11-12-13-14-15-28-23-30-31(34(6,7)21-20-33(30,4)5)24-29(28)25(3)22-26-16-18-27(19-17-26)32(35)36-9-2/h16-19,22-24H,8-15,20-21H2,1-7H3/b25-22+. The van der Waals surface area contributed by atoms with Gasteiger partial charge in [0.25, 0.3) is 0 Å². The lowest BCUT2D eigenvalue weighted by Gasteiger charge is -2.42. The molecule has 1 aliphatic carbocycles. The van der Waals surface area contributed by atoms with Gasteiger partial charge in [-0.25, -0.2) is 4.79 Å². The van der Waals surface area contributed by atoms with E-state index in [1.54, 1.807) is 5.56 Å². The van der Waals surface area contributed by atoms with Crippen LogP contribution in [0.2, 0.25) is 0 Å². The van der Waals surface area contributed by atoms with Gasteiger partial charge >= 0.3 is 5.97 Å². The van der Waals surface area contributed by atoms with Gasteiger partial charge < -0.3 is 4.74 Å². The van der Waals surface area contributed by atoms with E-state index in [1.807, 2.05) is 31.2 Å². The number of hydrogen-bond acceptors (Lipinski definition) is 2. The number of benzene rings is 2. The van der Waals surface area contributed by atoms with E-state index < -0.39 is 0 Å².